The zero-order chi connectivity index (χ0) is 24.2. The fourth-order valence-electron chi connectivity index (χ4n) is 3.89. The summed E-state index contributed by atoms with van der Waals surface area (Å²) in [6.45, 7) is 6.98. The molecule has 2 aromatic carbocycles. The molecule has 0 saturated carbocycles. The van der Waals surface area contributed by atoms with Gasteiger partial charge < -0.3 is 19.9 Å². The van der Waals surface area contributed by atoms with Gasteiger partial charge in [-0.05, 0) is 43.2 Å². The largest absolute Gasteiger partial charge is 0.442 e. The summed E-state index contributed by atoms with van der Waals surface area (Å²) in [5, 5.41) is 9.95. The SMILES string of the molecule is CC(=O)NC[C@H]1CN(c2ccc(-c3ccc(CNCc4c(C)noc4C)cc3)c(F)c2)C(=O)O1. The molecule has 0 radical (unpaired) electrons. The molecule has 2 amide bonds. The van der Waals surface area contributed by atoms with Crippen molar-refractivity contribution in [1.29, 1.82) is 0 Å². The molecule has 1 fully saturated rings. The Kier molecular flexibility index (Phi) is 6.93. The van der Waals surface area contributed by atoms with Crippen LogP contribution >= 0.6 is 0 Å². The molecule has 3 aromatic rings. The molecule has 2 heterocycles. The fourth-order valence-corrected chi connectivity index (χ4v) is 3.89. The van der Waals surface area contributed by atoms with E-state index in [1.165, 1.54) is 17.9 Å². The summed E-state index contributed by atoms with van der Waals surface area (Å²) in [5.41, 5.74) is 4.61. The average molecular weight is 467 g/mol. The number of halogens is 1. The van der Waals surface area contributed by atoms with Crippen LogP contribution in [0.25, 0.3) is 11.1 Å². The third-order valence-corrected chi connectivity index (χ3v) is 5.79. The number of hydrogen-bond donors (Lipinski definition) is 2. The van der Waals surface area contributed by atoms with Gasteiger partial charge in [-0.2, -0.15) is 0 Å². The molecule has 0 spiro atoms. The van der Waals surface area contributed by atoms with Crippen LogP contribution in [0.15, 0.2) is 47.0 Å². The second-order valence-corrected chi connectivity index (χ2v) is 8.32. The van der Waals surface area contributed by atoms with E-state index in [0.29, 0.717) is 24.3 Å². The summed E-state index contributed by atoms with van der Waals surface area (Å²) in [6, 6.07) is 12.3. The zero-order valence-electron chi connectivity index (χ0n) is 19.4. The fraction of sp³-hybridized carbons (Fsp3) is 0.320. The van der Waals surface area contributed by atoms with E-state index in [9.17, 15) is 14.0 Å². The van der Waals surface area contributed by atoms with E-state index in [-0.39, 0.29) is 19.0 Å². The monoisotopic (exact) mass is 466 g/mol. The number of benzene rings is 2. The van der Waals surface area contributed by atoms with Gasteiger partial charge in [-0.1, -0.05) is 29.4 Å². The molecule has 9 heteroatoms. The number of hydrogen-bond acceptors (Lipinski definition) is 6. The predicted molar refractivity (Wildman–Crippen MR) is 125 cm³/mol. The van der Waals surface area contributed by atoms with Crippen LogP contribution in [0.3, 0.4) is 0 Å². The minimum absolute atomic E-state index is 0.202. The quantitative estimate of drug-likeness (QED) is 0.524. The second kappa shape index (κ2) is 10.0. The van der Waals surface area contributed by atoms with E-state index < -0.39 is 18.0 Å². The third kappa shape index (κ3) is 5.26. The lowest BCUT2D eigenvalue weighted by Crippen LogP contribution is -2.33. The number of rotatable bonds is 8. The van der Waals surface area contributed by atoms with Gasteiger partial charge in [0.1, 0.15) is 17.7 Å². The van der Waals surface area contributed by atoms with Gasteiger partial charge in [0.05, 0.1) is 24.5 Å². The number of carbonyl (C=O) groups excluding carboxylic acids is 2. The number of nitrogens with one attached hydrogen (secondary N) is 2. The minimum atomic E-state index is -0.559. The van der Waals surface area contributed by atoms with Crippen molar-refractivity contribution in [3.05, 3.63) is 70.9 Å². The molecule has 1 atom stereocenters. The van der Waals surface area contributed by atoms with Crippen LogP contribution in [0.5, 0.6) is 0 Å². The Morgan fingerprint density at radius 3 is 2.59 bits per heavy atom. The molecule has 1 aromatic heterocycles. The maximum atomic E-state index is 14.9. The van der Waals surface area contributed by atoms with Gasteiger partial charge in [0.15, 0.2) is 0 Å². The molecule has 0 unspecified atom stereocenters. The molecule has 0 bridgehead atoms. The highest BCUT2D eigenvalue weighted by Crippen LogP contribution is 2.29. The first-order chi connectivity index (χ1) is 16.3. The van der Waals surface area contributed by atoms with Crippen molar-refractivity contribution in [2.45, 2.75) is 40.0 Å². The highest BCUT2D eigenvalue weighted by molar-refractivity contribution is 5.90. The van der Waals surface area contributed by atoms with Crippen LogP contribution in [-0.4, -0.2) is 36.4 Å². The first kappa shape index (κ1) is 23.4. The number of aromatic nitrogens is 1. The highest BCUT2D eigenvalue weighted by atomic mass is 19.1. The lowest BCUT2D eigenvalue weighted by molar-refractivity contribution is -0.119. The molecule has 34 heavy (non-hydrogen) atoms. The van der Waals surface area contributed by atoms with Crippen molar-refractivity contribution in [2.75, 3.05) is 18.0 Å². The first-order valence-corrected chi connectivity index (χ1v) is 11.1. The number of cyclic esters (lactones) is 1. The number of ether oxygens (including phenoxy) is 1. The van der Waals surface area contributed by atoms with Crippen LogP contribution < -0.4 is 15.5 Å². The summed E-state index contributed by atoms with van der Waals surface area (Å²) in [6.07, 6.45) is -1.03. The summed E-state index contributed by atoms with van der Waals surface area (Å²) in [4.78, 5) is 24.6. The maximum Gasteiger partial charge on any atom is 0.414 e. The molecular formula is C25H27FN4O4. The lowest BCUT2D eigenvalue weighted by atomic mass is 10.0. The van der Waals surface area contributed by atoms with E-state index in [0.717, 1.165) is 28.1 Å². The van der Waals surface area contributed by atoms with Crippen LogP contribution in [0.1, 0.15) is 29.5 Å². The second-order valence-electron chi connectivity index (χ2n) is 8.32. The third-order valence-electron chi connectivity index (χ3n) is 5.79. The first-order valence-electron chi connectivity index (χ1n) is 11.1. The number of aryl methyl sites for hydroxylation is 2. The topological polar surface area (TPSA) is 96.7 Å². The Morgan fingerprint density at radius 1 is 1.18 bits per heavy atom. The smallest absolute Gasteiger partial charge is 0.414 e. The van der Waals surface area contributed by atoms with Crippen LogP contribution in [-0.2, 0) is 22.6 Å². The molecule has 2 N–H and O–H groups in total. The molecule has 1 aliphatic rings. The van der Waals surface area contributed by atoms with Crippen molar-refractivity contribution in [3.63, 3.8) is 0 Å². The summed E-state index contributed by atoms with van der Waals surface area (Å²) >= 11 is 0. The summed E-state index contributed by atoms with van der Waals surface area (Å²) in [7, 11) is 0. The van der Waals surface area contributed by atoms with Crippen molar-refractivity contribution < 1.29 is 23.2 Å². The van der Waals surface area contributed by atoms with Gasteiger partial charge in [-0.25, -0.2) is 9.18 Å². The zero-order valence-corrected chi connectivity index (χ0v) is 19.4. The van der Waals surface area contributed by atoms with Crippen molar-refractivity contribution in [1.82, 2.24) is 15.8 Å². The Morgan fingerprint density at radius 2 is 1.94 bits per heavy atom. The summed E-state index contributed by atoms with van der Waals surface area (Å²) in [5.74, 6) is 0.178. The molecule has 1 saturated heterocycles. The van der Waals surface area contributed by atoms with Crippen molar-refractivity contribution >= 4 is 17.7 Å². The predicted octanol–water partition coefficient (Wildman–Crippen LogP) is 3.85. The van der Waals surface area contributed by atoms with Gasteiger partial charge in [-0.15, -0.1) is 0 Å². The average Bonchev–Trinajstić information content (AvgIpc) is 3.34. The van der Waals surface area contributed by atoms with E-state index in [4.69, 9.17) is 9.26 Å². The van der Waals surface area contributed by atoms with Crippen molar-refractivity contribution in [3.8, 4) is 11.1 Å². The number of carbonyl (C=O) groups is 2. The van der Waals surface area contributed by atoms with E-state index in [1.54, 1.807) is 12.1 Å². The Labute approximate surface area is 197 Å². The molecule has 0 aliphatic carbocycles. The summed E-state index contributed by atoms with van der Waals surface area (Å²) < 4.78 is 25.4. The number of amides is 2. The van der Waals surface area contributed by atoms with Crippen LogP contribution in [0.2, 0.25) is 0 Å². The number of anilines is 1. The normalized spacial score (nSPS) is 15.5. The van der Waals surface area contributed by atoms with Gasteiger partial charge >= 0.3 is 6.09 Å². The highest BCUT2D eigenvalue weighted by Gasteiger charge is 2.32. The molecular weight excluding hydrogens is 439 g/mol. The van der Waals surface area contributed by atoms with E-state index >= 15 is 0 Å². The maximum absolute atomic E-state index is 14.9. The Balaban J connectivity index is 1.38. The van der Waals surface area contributed by atoms with Crippen molar-refractivity contribution in [2.24, 2.45) is 0 Å². The van der Waals surface area contributed by atoms with Gasteiger partial charge in [0, 0.05) is 31.1 Å². The number of nitrogens with zero attached hydrogens (tertiary/aromatic N) is 2. The molecule has 178 valence electrons. The van der Waals surface area contributed by atoms with Crippen LogP contribution in [0, 0.1) is 19.7 Å². The van der Waals surface area contributed by atoms with E-state index in [1.807, 2.05) is 38.1 Å². The lowest BCUT2D eigenvalue weighted by Gasteiger charge is -2.15. The Hall–Kier alpha value is -3.72. The molecule has 1 aliphatic heterocycles. The van der Waals surface area contributed by atoms with Gasteiger partial charge in [0.25, 0.3) is 0 Å². The van der Waals surface area contributed by atoms with Gasteiger partial charge in [0.2, 0.25) is 5.91 Å². The van der Waals surface area contributed by atoms with Gasteiger partial charge in [-0.3, -0.25) is 9.69 Å². The van der Waals surface area contributed by atoms with E-state index in [2.05, 4.69) is 15.8 Å². The molecule has 8 nitrogen and oxygen atoms in total. The van der Waals surface area contributed by atoms with Crippen LogP contribution in [0.4, 0.5) is 14.9 Å². The Bertz CT molecular complexity index is 1170. The standard InChI is InChI=1S/C25H27FN4O4/c1-15-23(16(2)34-29-15)13-27-11-18-4-6-19(7-5-18)22-9-8-20(10-24(22)26)30-14-21(33-25(30)32)12-28-17(3)31/h4-10,21,27H,11-14H2,1-3H3,(H,28,31)/t21-/m0/s1. The minimum Gasteiger partial charge on any atom is -0.442 e. The molecule has 4 rings (SSSR count).